The Morgan fingerprint density at radius 3 is 2.32 bits per heavy atom. The molecule has 1 aromatic rings. The molecule has 2 heteroatoms. The molecule has 2 nitrogen and oxygen atoms in total. The van der Waals surface area contributed by atoms with E-state index in [0.29, 0.717) is 0 Å². The van der Waals surface area contributed by atoms with Crippen molar-refractivity contribution in [3.63, 3.8) is 0 Å². The Labute approximate surface area is 170 Å². The van der Waals surface area contributed by atoms with Crippen LogP contribution in [0.2, 0.25) is 0 Å². The zero-order chi connectivity index (χ0) is 20.8. The second-order valence-electron chi connectivity index (χ2n) is 6.38. The molecule has 0 atom stereocenters. The highest BCUT2D eigenvalue weighted by atomic mass is 14.9. The Kier molecular flexibility index (Phi) is 10.7. The summed E-state index contributed by atoms with van der Waals surface area (Å²) in [5.74, 6) is 0. The highest BCUT2D eigenvalue weighted by Crippen LogP contribution is 2.23. The predicted molar refractivity (Wildman–Crippen MR) is 126 cm³/mol. The van der Waals surface area contributed by atoms with Crippen LogP contribution >= 0.6 is 0 Å². The topological polar surface area (TPSA) is 24.4 Å². The van der Waals surface area contributed by atoms with Crippen molar-refractivity contribution < 1.29 is 0 Å². The van der Waals surface area contributed by atoms with Crippen molar-refractivity contribution in [1.82, 2.24) is 5.32 Å². The quantitative estimate of drug-likeness (QED) is 0.364. The fourth-order valence-electron chi connectivity index (χ4n) is 2.35. The first kappa shape index (κ1) is 22.9. The number of benzene rings is 1. The number of aryl methyl sites for hydroxylation is 1. The van der Waals surface area contributed by atoms with Crippen molar-refractivity contribution >= 4 is 11.4 Å². The molecule has 0 aliphatic rings. The minimum absolute atomic E-state index is 0.770. The number of nitrogens with one attached hydrogen (secondary N) is 1. The molecule has 0 fully saturated rings. The standard InChI is InChI=1S/C26H32N2/c1-7-9-11-12-14-19-27-23(5)24(6)28-26(22(4)17-13-10-8-2)25-18-15-16-21(3)20-25/h7-20,27H,5H2,1-4,6H3/b9-7-,10-8-,12-11-,17-13-,19-14+,26-22+,28-24?. The molecule has 1 aromatic carbocycles. The van der Waals surface area contributed by atoms with Gasteiger partial charge in [-0.05, 0) is 52.3 Å². The van der Waals surface area contributed by atoms with Gasteiger partial charge in [0.15, 0.2) is 0 Å². The zero-order valence-corrected chi connectivity index (χ0v) is 17.7. The van der Waals surface area contributed by atoms with E-state index >= 15 is 0 Å². The van der Waals surface area contributed by atoms with Gasteiger partial charge in [-0.2, -0.15) is 0 Å². The highest BCUT2D eigenvalue weighted by Gasteiger charge is 2.06. The van der Waals surface area contributed by atoms with Gasteiger partial charge in [-0.15, -0.1) is 0 Å². The van der Waals surface area contributed by atoms with Crippen LogP contribution in [0.4, 0.5) is 0 Å². The molecule has 0 bridgehead atoms. The lowest BCUT2D eigenvalue weighted by molar-refractivity contribution is 1.14. The van der Waals surface area contributed by atoms with Gasteiger partial charge in [-0.3, -0.25) is 4.99 Å². The first-order valence-corrected chi connectivity index (χ1v) is 9.52. The second-order valence-corrected chi connectivity index (χ2v) is 6.38. The van der Waals surface area contributed by atoms with Gasteiger partial charge in [0.25, 0.3) is 0 Å². The van der Waals surface area contributed by atoms with Crippen LogP contribution in [-0.2, 0) is 0 Å². The van der Waals surface area contributed by atoms with Gasteiger partial charge < -0.3 is 5.32 Å². The van der Waals surface area contributed by atoms with Gasteiger partial charge in [0.1, 0.15) is 0 Å². The molecular formula is C26H32N2. The third-order valence-electron chi connectivity index (χ3n) is 3.91. The number of nitrogens with zero attached hydrogens (tertiary/aromatic N) is 1. The van der Waals surface area contributed by atoms with Crippen molar-refractivity contribution in [3.05, 3.63) is 114 Å². The monoisotopic (exact) mass is 372 g/mol. The van der Waals surface area contributed by atoms with E-state index in [1.807, 2.05) is 75.6 Å². The maximum absolute atomic E-state index is 4.89. The minimum Gasteiger partial charge on any atom is -0.361 e. The average Bonchev–Trinajstić information content (AvgIpc) is 2.68. The molecule has 0 saturated heterocycles. The molecule has 146 valence electrons. The molecule has 28 heavy (non-hydrogen) atoms. The van der Waals surface area contributed by atoms with Gasteiger partial charge in [-0.25, -0.2) is 0 Å². The van der Waals surface area contributed by atoms with Crippen LogP contribution in [0, 0.1) is 6.92 Å². The van der Waals surface area contributed by atoms with Crippen molar-refractivity contribution in [1.29, 1.82) is 0 Å². The molecule has 0 aliphatic heterocycles. The molecule has 1 rings (SSSR count). The lowest BCUT2D eigenvalue weighted by Crippen LogP contribution is -2.11. The van der Waals surface area contributed by atoms with E-state index in [1.165, 1.54) is 5.56 Å². The summed E-state index contributed by atoms with van der Waals surface area (Å²) in [4.78, 5) is 4.89. The van der Waals surface area contributed by atoms with Crippen molar-refractivity contribution in [2.24, 2.45) is 4.99 Å². The summed E-state index contributed by atoms with van der Waals surface area (Å²) in [5, 5.41) is 3.19. The normalized spacial score (nSPS) is 14.1. The zero-order valence-electron chi connectivity index (χ0n) is 17.7. The summed E-state index contributed by atoms with van der Waals surface area (Å²) >= 11 is 0. The van der Waals surface area contributed by atoms with E-state index in [-0.39, 0.29) is 0 Å². The molecule has 0 aromatic heterocycles. The van der Waals surface area contributed by atoms with Gasteiger partial charge in [0, 0.05) is 11.8 Å². The van der Waals surface area contributed by atoms with Crippen LogP contribution in [0.25, 0.3) is 5.70 Å². The summed E-state index contributed by atoms with van der Waals surface area (Å²) in [6.45, 7) is 14.2. The fourth-order valence-corrected chi connectivity index (χ4v) is 2.35. The van der Waals surface area contributed by atoms with Crippen LogP contribution < -0.4 is 5.32 Å². The summed E-state index contributed by atoms with van der Waals surface area (Å²) in [5.41, 5.74) is 5.96. The first-order chi connectivity index (χ1) is 13.5. The molecule has 0 heterocycles. The van der Waals surface area contributed by atoms with Crippen LogP contribution in [0.15, 0.2) is 108 Å². The molecular weight excluding hydrogens is 340 g/mol. The molecule has 0 amide bonds. The molecule has 0 aliphatic carbocycles. The van der Waals surface area contributed by atoms with Crippen molar-refractivity contribution in [2.45, 2.75) is 34.6 Å². The maximum Gasteiger partial charge on any atom is 0.0735 e. The van der Waals surface area contributed by atoms with Crippen molar-refractivity contribution in [3.8, 4) is 0 Å². The Morgan fingerprint density at radius 1 is 0.964 bits per heavy atom. The van der Waals surface area contributed by atoms with E-state index in [0.717, 1.165) is 28.2 Å². The molecule has 0 unspecified atom stereocenters. The molecule has 0 spiro atoms. The van der Waals surface area contributed by atoms with E-state index in [4.69, 9.17) is 4.99 Å². The number of rotatable bonds is 9. The maximum atomic E-state index is 4.89. The SMILES string of the molecule is C=C(N/C=C/C=C\C=C/C)C(C)=N/C(=C(C)/C=C\C=C/C)c1cccc(C)c1. The second kappa shape index (κ2) is 13.1. The first-order valence-electron chi connectivity index (χ1n) is 9.52. The summed E-state index contributed by atoms with van der Waals surface area (Å²) in [6, 6.07) is 8.40. The third-order valence-corrected chi connectivity index (χ3v) is 3.91. The van der Waals surface area contributed by atoms with Gasteiger partial charge in [0.2, 0.25) is 0 Å². The smallest absolute Gasteiger partial charge is 0.0735 e. The number of hydrogen-bond acceptors (Lipinski definition) is 2. The Balaban J connectivity index is 3.13. The van der Waals surface area contributed by atoms with Crippen LogP contribution in [0.1, 0.15) is 38.8 Å². The van der Waals surface area contributed by atoms with E-state index in [9.17, 15) is 0 Å². The Hall–Kier alpha value is -3.13. The van der Waals surface area contributed by atoms with Crippen LogP contribution in [0.5, 0.6) is 0 Å². The number of hydrogen-bond donors (Lipinski definition) is 1. The van der Waals surface area contributed by atoms with Crippen LogP contribution in [-0.4, -0.2) is 5.71 Å². The van der Waals surface area contributed by atoms with Crippen LogP contribution in [0.3, 0.4) is 0 Å². The van der Waals surface area contributed by atoms with E-state index in [1.54, 1.807) is 0 Å². The lowest BCUT2D eigenvalue weighted by atomic mass is 10.0. The number of allylic oxidation sites excluding steroid dienone is 11. The molecule has 0 radical (unpaired) electrons. The minimum atomic E-state index is 0.770. The van der Waals surface area contributed by atoms with Gasteiger partial charge >= 0.3 is 0 Å². The van der Waals surface area contributed by atoms with Gasteiger partial charge in [-0.1, -0.05) is 78.9 Å². The van der Waals surface area contributed by atoms with Gasteiger partial charge in [0.05, 0.1) is 17.1 Å². The largest absolute Gasteiger partial charge is 0.361 e. The Morgan fingerprint density at radius 2 is 1.64 bits per heavy atom. The predicted octanol–water partition coefficient (Wildman–Crippen LogP) is 7.07. The molecule has 0 saturated carbocycles. The average molecular weight is 373 g/mol. The summed E-state index contributed by atoms with van der Waals surface area (Å²) in [7, 11) is 0. The summed E-state index contributed by atoms with van der Waals surface area (Å²) < 4.78 is 0. The molecule has 1 N–H and O–H groups in total. The number of aliphatic imine (C=N–C) groups is 1. The third kappa shape index (κ3) is 8.50. The fraction of sp³-hybridized carbons (Fsp3) is 0.192. The Bertz CT molecular complexity index is 856. The van der Waals surface area contributed by atoms with E-state index in [2.05, 4.69) is 56.1 Å². The van der Waals surface area contributed by atoms with Crippen molar-refractivity contribution in [2.75, 3.05) is 0 Å². The lowest BCUT2D eigenvalue weighted by Gasteiger charge is -2.10. The highest BCUT2D eigenvalue weighted by molar-refractivity contribution is 6.00. The van der Waals surface area contributed by atoms with E-state index < -0.39 is 0 Å². The summed E-state index contributed by atoms with van der Waals surface area (Å²) in [6.07, 6.45) is 19.8.